The van der Waals surface area contributed by atoms with E-state index in [9.17, 15) is 4.79 Å². The fourth-order valence-corrected chi connectivity index (χ4v) is 2.54. The van der Waals surface area contributed by atoms with Gasteiger partial charge in [0.1, 0.15) is 0 Å². The Morgan fingerprint density at radius 1 is 1.67 bits per heavy atom. The largest absolute Gasteiger partial charge is 0.351 e. The van der Waals surface area contributed by atoms with Crippen molar-refractivity contribution in [1.29, 1.82) is 0 Å². The zero-order valence-electron chi connectivity index (χ0n) is 8.84. The molecule has 1 amide bonds. The third kappa shape index (κ3) is 4.77. The van der Waals surface area contributed by atoms with E-state index in [0.717, 1.165) is 9.35 Å². The lowest BCUT2D eigenvalue weighted by molar-refractivity contribution is -0.122. The second kappa shape index (κ2) is 5.09. The second-order valence-corrected chi connectivity index (χ2v) is 5.99. The molecule has 1 aromatic rings. The maximum atomic E-state index is 11.5. The average molecular weight is 291 g/mol. The second-order valence-electron chi connectivity index (χ2n) is 4.13. The van der Waals surface area contributed by atoms with E-state index in [1.54, 1.807) is 11.3 Å². The number of halogens is 1. The first-order chi connectivity index (χ1) is 6.88. The van der Waals surface area contributed by atoms with Gasteiger partial charge in [0.2, 0.25) is 5.91 Å². The Kier molecular flexibility index (Phi) is 4.31. The van der Waals surface area contributed by atoms with Gasteiger partial charge < -0.3 is 11.1 Å². The summed E-state index contributed by atoms with van der Waals surface area (Å²) in [6.45, 7) is 4.24. The summed E-state index contributed by atoms with van der Waals surface area (Å²) >= 11 is 5.03. The first-order valence-electron chi connectivity index (χ1n) is 4.66. The number of hydrogen-bond acceptors (Lipinski definition) is 3. The highest BCUT2D eigenvalue weighted by Gasteiger charge is 2.16. The molecule has 15 heavy (non-hydrogen) atoms. The summed E-state index contributed by atoms with van der Waals surface area (Å²) in [6, 6.07) is 1.97. The first kappa shape index (κ1) is 12.7. The van der Waals surface area contributed by atoms with Crippen LogP contribution in [0.15, 0.2) is 15.9 Å². The number of rotatable bonds is 4. The molecule has 0 saturated carbocycles. The normalized spacial score (nSPS) is 11.5. The Morgan fingerprint density at radius 2 is 2.33 bits per heavy atom. The minimum absolute atomic E-state index is 0.0113. The molecular formula is C10H15BrN2OS. The molecule has 84 valence electrons. The Morgan fingerprint density at radius 3 is 2.80 bits per heavy atom. The zero-order chi connectivity index (χ0) is 11.5. The Balaban J connectivity index is 2.38. The van der Waals surface area contributed by atoms with Crippen LogP contribution in [0.3, 0.4) is 0 Å². The van der Waals surface area contributed by atoms with Crippen molar-refractivity contribution in [3.05, 3.63) is 20.8 Å². The minimum atomic E-state index is -0.448. The van der Waals surface area contributed by atoms with Crippen molar-refractivity contribution in [3.8, 4) is 0 Å². The van der Waals surface area contributed by atoms with Crippen LogP contribution in [0.4, 0.5) is 0 Å². The molecule has 0 unspecified atom stereocenters. The van der Waals surface area contributed by atoms with E-state index in [4.69, 9.17) is 5.73 Å². The van der Waals surface area contributed by atoms with E-state index in [-0.39, 0.29) is 5.91 Å². The summed E-state index contributed by atoms with van der Waals surface area (Å²) in [4.78, 5) is 12.6. The highest BCUT2D eigenvalue weighted by molar-refractivity contribution is 9.10. The van der Waals surface area contributed by atoms with Crippen LogP contribution in [0.5, 0.6) is 0 Å². The van der Waals surface area contributed by atoms with Crippen LogP contribution in [-0.2, 0) is 11.3 Å². The topological polar surface area (TPSA) is 55.1 Å². The van der Waals surface area contributed by atoms with Gasteiger partial charge in [-0.05, 0) is 41.2 Å². The molecule has 0 aliphatic heterocycles. The fraction of sp³-hybridized carbons (Fsp3) is 0.500. The molecule has 0 aliphatic rings. The Hall–Kier alpha value is -0.390. The van der Waals surface area contributed by atoms with Crippen LogP contribution in [-0.4, -0.2) is 11.4 Å². The van der Waals surface area contributed by atoms with Gasteiger partial charge in [-0.1, -0.05) is 0 Å². The van der Waals surface area contributed by atoms with Crippen molar-refractivity contribution < 1.29 is 4.79 Å². The van der Waals surface area contributed by atoms with Crippen molar-refractivity contribution in [2.24, 2.45) is 5.73 Å². The molecule has 3 nitrogen and oxygen atoms in total. The molecule has 1 heterocycles. The van der Waals surface area contributed by atoms with Crippen LogP contribution in [0.25, 0.3) is 0 Å². The van der Waals surface area contributed by atoms with Gasteiger partial charge in [-0.2, -0.15) is 0 Å². The molecule has 0 fully saturated rings. The molecule has 1 aromatic heterocycles. The number of nitrogens with two attached hydrogens (primary N) is 1. The lowest BCUT2D eigenvalue weighted by Crippen LogP contribution is -2.38. The van der Waals surface area contributed by atoms with Crippen molar-refractivity contribution in [2.45, 2.75) is 32.4 Å². The van der Waals surface area contributed by atoms with E-state index in [0.29, 0.717) is 13.0 Å². The number of carbonyl (C=O) groups is 1. The highest BCUT2D eigenvalue weighted by Crippen LogP contribution is 2.22. The van der Waals surface area contributed by atoms with Gasteiger partial charge in [0, 0.05) is 21.3 Å². The highest BCUT2D eigenvalue weighted by atomic mass is 79.9. The number of amides is 1. The molecule has 0 spiro atoms. The molecule has 0 aromatic carbocycles. The van der Waals surface area contributed by atoms with Gasteiger partial charge in [-0.25, -0.2) is 0 Å². The predicted octanol–water partition coefficient (Wildman–Crippen LogP) is 2.25. The molecular weight excluding hydrogens is 276 g/mol. The maximum absolute atomic E-state index is 11.5. The van der Waals surface area contributed by atoms with E-state index < -0.39 is 5.54 Å². The molecule has 1 rings (SSSR count). The van der Waals surface area contributed by atoms with Gasteiger partial charge in [0.25, 0.3) is 0 Å². The average Bonchev–Trinajstić information content (AvgIpc) is 2.44. The molecule has 0 aliphatic carbocycles. The maximum Gasteiger partial charge on any atom is 0.222 e. The summed E-state index contributed by atoms with van der Waals surface area (Å²) in [6.07, 6.45) is 0.343. The van der Waals surface area contributed by atoms with E-state index in [1.807, 2.05) is 25.3 Å². The number of thiophene rings is 1. The lowest BCUT2D eigenvalue weighted by Gasteiger charge is -2.17. The summed E-state index contributed by atoms with van der Waals surface area (Å²) in [5, 5.41) is 4.83. The summed E-state index contributed by atoms with van der Waals surface area (Å²) in [7, 11) is 0. The van der Waals surface area contributed by atoms with Crippen LogP contribution in [0.2, 0.25) is 0 Å². The monoisotopic (exact) mass is 290 g/mol. The quantitative estimate of drug-likeness (QED) is 0.894. The van der Waals surface area contributed by atoms with Gasteiger partial charge in [0.15, 0.2) is 0 Å². The van der Waals surface area contributed by atoms with Gasteiger partial charge in [0.05, 0.1) is 6.54 Å². The smallest absolute Gasteiger partial charge is 0.222 e. The zero-order valence-corrected chi connectivity index (χ0v) is 11.2. The van der Waals surface area contributed by atoms with E-state index in [2.05, 4.69) is 21.2 Å². The third-order valence-electron chi connectivity index (χ3n) is 1.75. The predicted molar refractivity (Wildman–Crippen MR) is 66.7 cm³/mol. The summed E-state index contributed by atoms with van der Waals surface area (Å²) in [5.41, 5.74) is 5.30. The van der Waals surface area contributed by atoms with Crippen molar-refractivity contribution in [2.75, 3.05) is 0 Å². The molecule has 3 N–H and O–H groups in total. The van der Waals surface area contributed by atoms with Crippen molar-refractivity contribution >= 4 is 33.2 Å². The van der Waals surface area contributed by atoms with Crippen LogP contribution >= 0.6 is 27.3 Å². The van der Waals surface area contributed by atoms with Crippen LogP contribution < -0.4 is 11.1 Å². The SMILES string of the molecule is CC(C)(N)CC(=O)NCc1sccc1Br. The third-order valence-corrected chi connectivity index (χ3v) is 3.68. The fourth-order valence-electron chi connectivity index (χ4n) is 1.11. The molecule has 0 radical (unpaired) electrons. The number of nitrogens with one attached hydrogen (secondary N) is 1. The molecule has 0 bridgehead atoms. The number of carbonyl (C=O) groups excluding carboxylic acids is 1. The van der Waals surface area contributed by atoms with Crippen LogP contribution in [0, 0.1) is 0 Å². The lowest BCUT2D eigenvalue weighted by atomic mass is 10.0. The standard InChI is InChI=1S/C10H15BrN2OS/c1-10(2,12)5-9(14)13-6-8-7(11)3-4-15-8/h3-4H,5-6,12H2,1-2H3,(H,13,14). The van der Waals surface area contributed by atoms with Gasteiger partial charge in [-0.3, -0.25) is 4.79 Å². The number of hydrogen-bond donors (Lipinski definition) is 2. The minimum Gasteiger partial charge on any atom is -0.351 e. The van der Waals surface area contributed by atoms with Crippen molar-refractivity contribution in [3.63, 3.8) is 0 Å². The molecule has 0 atom stereocenters. The summed E-state index contributed by atoms with van der Waals surface area (Å²) in [5.74, 6) is -0.0113. The van der Waals surface area contributed by atoms with E-state index in [1.165, 1.54) is 0 Å². The van der Waals surface area contributed by atoms with E-state index >= 15 is 0 Å². The molecule has 0 saturated heterocycles. The van der Waals surface area contributed by atoms with Gasteiger partial charge >= 0.3 is 0 Å². The Labute approximate surface area is 102 Å². The van der Waals surface area contributed by atoms with Crippen LogP contribution in [0.1, 0.15) is 25.1 Å². The van der Waals surface area contributed by atoms with Gasteiger partial charge in [-0.15, -0.1) is 11.3 Å². The Bertz CT molecular complexity index is 343. The first-order valence-corrected chi connectivity index (χ1v) is 6.33. The van der Waals surface area contributed by atoms with Crippen molar-refractivity contribution in [1.82, 2.24) is 5.32 Å². The molecule has 5 heteroatoms. The summed E-state index contributed by atoms with van der Waals surface area (Å²) < 4.78 is 1.04.